The highest BCUT2D eigenvalue weighted by atomic mass is 16.2. The summed E-state index contributed by atoms with van der Waals surface area (Å²) in [6.45, 7) is 9.32. The van der Waals surface area contributed by atoms with E-state index in [9.17, 15) is 4.79 Å². The first-order valence-electron chi connectivity index (χ1n) is 7.93. The molecule has 0 saturated carbocycles. The second-order valence-electron chi connectivity index (χ2n) is 6.38. The van der Waals surface area contributed by atoms with Gasteiger partial charge in [-0.25, -0.2) is 0 Å². The van der Waals surface area contributed by atoms with Gasteiger partial charge < -0.3 is 9.80 Å². The third-order valence-corrected chi connectivity index (χ3v) is 4.05. The van der Waals surface area contributed by atoms with Crippen LogP contribution in [0.3, 0.4) is 0 Å². The largest absolute Gasteiger partial charge is 0.377 e. The number of carbonyl (C=O) groups excluding carboxylic acids is 1. The molecule has 0 unspecified atom stereocenters. The first kappa shape index (κ1) is 17.5. The Morgan fingerprint density at radius 2 is 1.76 bits per heavy atom. The number of unbranched alkanes of at least 4 members (excludes halogenated alkanes) is 1. The smallest absolute Gasteiger partial charge is 0.256 e. The van der Waals surface area contributed by atoms with Crippen LogP contribution in [-0.4, -0.2) is 37.0 Å². The molecule has 0 fully saturated rings. The van der Waals surface area contributed by atoms with E-state index >= 15 is 0 Å². The summed E-state index contributed by atoms with van der Waals surface area (Å²) in [5.74, 6) is 0.128. The van der Waals surface area contributed by atoms with Gasteiger partial charge in [-0.2, -0.15) is 0 Å². The van der Waals surface area contributed by atoms with Gasteiger partial charge in [-0.05, 0) is 39.3 Å². The lowest BCUT2D eigenvalue weighted by Crippen LogP contribution is -2.47. The molecule has 0 aliphatic heterocycles. The monoisotopic (exact) mass is 290 g/mol. The molecule has 3 nitrogen and oxygen atoms in total. The maximum absolute atomic E-state index is 13.0. The van der Waals surface area contributed by atoms with Crippen molar-refractivity contribution in [2.45, 2.75) is 52.5 Å². The number of benzene rings is 1. The molecule has 21 heavy (non-hydrogen) atoms. The van der Waals surface area contributed by atoms with Crippen LogP contribution in [0.5, 0.6) is 0 Å². The Labute approximate surface area is 129 Å². The zero-order chi connectivity index (χ0) is 16.0. The average molecular weight is 290 g/mol. The van der Waals surface area contributed by atoms with E-state index in [2.05, 4.69) is 27.7 Å². The number of amides is 1. The van der Waals surface area contributed by atoms with E-state index in [1.807, 2.05) is 48.2 Å². The zero-order valence-corrected chi connectivity index (χ0v) is 14.4. The minimum absolute atomic E-state index is 0.110. The predicted molar refractivity (Wildman–Crippen MR) is 91.1 cm³/mol. The summed E-state index contributed by atoms with van der Waals surface area (Å²) in [5, 5.41) is 0. The van der Waals surface area contributed by atoms with Crippen LogP contribution in [0.15, 0.2) is 24.3 Å². The van der Waals surface area contributed by atoms with Gasteiger partial charge in [-0.3, -0.25) is 4.79 Å². The SMILES string of the molecule is CCCCC(C)(C)N(CC)C(=O)c1ccccc1N(C)C. The van der Waals surface area contributed by atoms with Crippen LogP contribution in [0.1, 0.15) is 57.3 Å². The van der Waals surface area contributed by atoms with E-state index in [-0.39, 0.29) is 11.4 Å². The highest BCUT2D eigenvalue weighted by Gasteiger charge is 2.30. The fourth-order valence-corrected chi connectivity index (χ4v) is 2.78. The van der Waals surface area contributed by atoms with Crippen molar-refractivity contribution in [3.8, 4) is 0 Å². The number of hydrogen-bond donors (Lipinski definition) is 0. The molecule has 1 amide bonds. The molecule has 0 saturated heterocycles. The van der Waals surface area contributed by atoms with Gasteiger partial charge >= 0.3 is 0 Å². The van der Waals surface area contributed by atoms with E-state index in [1.54, 1.807) is 0 Å². The summed E-state index contributed by atoms with van der Waals surface area (Å²) in [5.41, 5.74) is 1.66. The molecule has 0 aromatic heterocycles. The molecule has 0 aliphatic carbocycles. The van der Waals surface area contributed by atoms with E-state index in [1.165, 1.54) is 0 Å². The quantitative estimate of drug-likeness (QED) is 0.752. The van der Waals surface area contributed by atoms with Gasteiger partial charge in [0.25, 0.3) is 5.91 Å². The van der Waals surface area contributed by atoms with Crippen molar-refractivity contribution < 1.29 is 4.79 Å². The van der Waals surface area contributed by atoms with Crippen molar-refractivity contribution in [3.63, 3.8) is 0 Å². The summed E-state index contributed by atoms with van der Waals surface area (Å²) in [6.07, 6.45) is 3.34. The first-order valence-corrected chi connectivity index (χ1v) is 7.93. The van der Waals surface area contributed by atoms with Gasteiger partial charge in [0.1, 0.15) is 0 Å². The lowest BCUT2D eigenvalue weighted by Gasteiger charge is -2.39. The van der Waals surface area contributed by atoms with Gasteiger partial charge in [0.05, 0.1) is 5.56 Å². The number of hydrogen-bond acceptors (Lipinski definition) is 2. The highest BCUT2D eigenvalue weighted by Crippen LogP contribution is 2.27. The molecule has 1 aromatic carbocycles. The molecule has 0 atom stereocenters. The van der Waals surface area contributed by atoms with Crippen LogP contribution in [0.2, 0.25) is 0 Å². The fraction of sp³-hybridized carbons (Fsp3) is 0.611. The maximum Gasteiger partial charge on any atom is 0.256 e. The first-order chi connectivity index (χ1) is 9.85. The van der Waals surface area contributed by atoms with Crippen LogP contribution < -0.4 is 4.90 Å². The number of carbonyl (C=O) groups is 1. The number of nitrogens with zero attached hydrogens (tertiary/aromatic N) is 2. The third-order valence-electron chi connectivity index (χ3n) is 4.05. The molecule has 1 aromatic rings. The standard InChI is InChI=1S/C18H30N2O/c1-7-9-14-18(3,4)20(8-2)17(21)15-12-10-11-13-16(15)19(5)6/h10-13H,7-9,14H2,1-6H3. The van der Waals surface area contributed by atoms with E-state index in [4.69, 9.17) is 0 Å². The molecular formula is C18H30N2O. The number of para-hydroxylation sites is 1. The van der Waals surface area contributed by atoms with Crippen LogP contribution >= 0.6 is 0 Å². The van der Waals surface area contributed by atoms with E-state index in [0.717, 1.165) is 37.1 Å². The lowest BCUT2D eigenvalue weighted by atomic mass is 9.94. The molecular weight excluding hydrogens is 260 g/mol. The Morgan fingerprint density at radius 1 is 1.14 bits per heavy atom. The normalized spacial score (nSPS) is 11.3. The Balaban J connectivity index is 3.09. The van der Waals surface area contributed by atoms with E-state index < -0.39 is 0 Å². The Hall–Kier alpha value is -1.51. The molecule has 0 spiro atoms. The van der Waals surface area contributed by atoms with Crippen LogP contribution in [0.25, 0.3) is 0 Å². The molecule has 3 heteroatoms. The van der Waals surface area contributed by atoms with Crippen LogP contribution in [-0.2, 0) is 0 Å². The molecule has 0 aliphatic rings. The lowest BCUT2D eigenvalue weighted by molar-refractivity contribution is 0.0543. The zero-order valence-electron chi connectivity index (χ0n) is 14.4. The molecule has 0 radical (unpaired) electrons. The van der Waals surface area contributed by atoms with Crippen molar-refractivity contribution in [1.82, 2.24) is 4.90 Å². The van der Waals surface area contributed by atoms with E-state index in [0.29, 0.717) is 0 Å². The summed E-state index contributed by atoms with van der Waals surface area (Å²) in [7, 11) is 3.95. The second kappa shape index (κ2) is 7.48. The summed E-state index contributed by atoms with van der Waals surface area (Å²) in [6, 6.07) is 7.84. The molecule has 0 bridgehead atoms. The highest BCUT2D eigenvalue weighted by molar-refractivity contribution is 6.00. The van der Waals surface area contributed by atoms with Crippen molar-refractivity contribution in [2.24, 2.45) is 0 Å². The minimum atomic E-state index is -0.110. The summed E-state index contributed by atoms with van der Waals surface area (Å²) >= 11 is 0. The molecule has 1 rings (SSSR count). The minimum Gasteiger partial charge on any atom is -0.377 e. The van der Waals surface area contributed by atoms with Gasteiger partial charge in [0, 0.05) is 31.9 Å². The van der Waals surface area contributed by atoms with Crippen molar-refractivity contribution >= 4 is 11.6 Å². The van der Waals surface area contributed by atoms with Gasteiger partial charge in [0.2, 0.25) is 0 Å². The van der Waals surface area contributed by atoms with Gasteiger partial charge in [0.15, 0.2) is 0 Å². The molecule has 118 valence electrons. The fourth-order valence-electron chi connectivity index (χ4n) is 2.78. The average Bonchev–Trinajstić information content (AvgIpc) is 2.45. The van der Waals surface area contributed by atoms with Crippen molar-refractivity contribution in [3.05, 3.63) is 29.8 Å². The Morgan fingerprint density at radius 3 is 2.29 bits per heavy atom. The van der Waals surface area contributed by atoms with Crippen molar-refractivity contribution in [1.29, 1.82) is 0 Å². The van der Waals surface area contributed by atoms with Gasteiger partial charge in [-0.15, -0.1) is 0 Å². The number of rotatable bonds is 7. The summed E-state index contributed by atoms with van der Waals surface area (Å²) in [4.78, 5) is 17.0. The maximum atomic E-state index is 13.0. The van der Waals surface area contributed by atoms with Crippen LogP contribution in [0, 0.1) is 0 Å². The van der Waals surface area contributed by atoms with Crippen LogP contribution in [0.4, 0.5) is 5.69 Å². The summed E-state index contributed by atoms with van der Waals surface area (Å²) < 4.78 is 0. The Kier molecular flexibility index (Phi) is 6.25. The third kappa shape index (κ3) is 4.23. The second-order valence-corrected chi connectivity index (χ2v) is 6.38. The predicted octanol–water partition coefficient (Wildman–Crippen LogP) is 4.18. The topological polar surface area (TPSA) is 23.6 Å². The Bertz CT molecular complexity index is 466. The van der Waals surface area contributed by atoms with Crippen molar-refractivity contribution in [2.75, 3.05) is 25.5 Å². The number of anilines is 1. The molecule has 0 heterocycles. The van der Waals surface area contributed by atoms with Gasteiger partial charge in [-0.1, -0.05) is 31.9 Å². The molecule has 0 N–H and O–H groups in total.